The molecule has 13 heavy (non-hydrogen) atoms. The maximum Gasteiger partial charge on any atom is 0.0431 e. The van der Waals surface area contributed by atoms with Gasteiger partial charge in [-0.2, -0.15) is 11.3 Å². The lowest BCUT2D eigenvalue weighted by atomic mass is 10.1. The van der Waals surface area contributed by atoms with Gasteiger partial charge in [-0.25, -0.2) is 0 Å². The predicted molar refractivity (Wildman–Crippen MR) is 58.2 cm³/mol. The van der Waals surface area contributed by atoms with Crippen LogP contribution in [0, 0.1) is 0 Å². The number of rotatable bonds is 7. The highest BCUT2D eigenvalue weighted by Crippen LogP contribution is 2.11. The number of aryl methyl sites for hydroxylation is 1. The molecule has 0 fully saturated rings. The van der Waals surface area contributed by atoms with Gasteiger partial charge >= 0.3 is 0 Å². The van der Waals surface area contributed by atoms with Gasteiger partial charge in [0.15, 0.2) is 0 Å². The molecule has 0 radical (unpaired) electrons. The Labute approximate surface area is 84.4 Å². The number of aliphatic hydroxyl groups excluding tert-OH is 1. The number of hydrogen-bond acceptors (Lipinski definition) is 2. The zero-order valence-corrected chi connectivity index (χ0v) is 8.85. The van der Waals surface area contributed by atoms with Crippen LogP contribution in [0.5, 0.6) is 0 Å². The van der Waals surface area contributed by atoms with E-state index in [4.69, 9.17) is 5.11 Å². The molecule has 2 heteroatoms. The second-order valence-corrected chi connectivity index (χ2v) is 4.15. The maximum atomic E-state index is 8.57. The molecule has 1 nitrogen and oxygen atoms in total. The van der Waals surface area contributed by atoms with Gasteiger partial charge in [-0.15, -0.1) is 0 Å². The standard InChI is InChI=1S/C11H18OS/c12-8-5-3-1-2-4-6-11-7-9-13-10-11/h7,9-10,12H,1-6,8H2. The third kappa shape index (κ3) is 5.06. The third-order valence-electron chi connectivity index (χ3n) is 2.20. The fourth-order valence-corrected chi connectivity index (χ4v) is 2.11. The smallest absolute Gasteiger partial charge is 0.0431 e. The van der Waals surface area contributed by atoms with Crippen molar-refractivity contribution in [1.82, 2.24) is 0 Å². The minimum absolute atomic E-state index is 0.352. The van der Waals surface area contributed by atoms with Gasteiger partial charge < -0.3 is 5.11 Å². The van der Waals surface area contributed by atoms with E-state index >= 15 is 0 Å². The van der Waals surface area contributed by atoms with Crippen molar-refractivity contribution in [3.05, 3.63) is 22.4 Å². The van der Waals surface area contributed by atoms with Crippen molar-refractivity contribution in [2.45, 2.75) is 38.5 Å². The summed E-state index contributed by atoms with van der Waals surface area (Å²) < 4.78 is 0. The van der Waals surface area contributed by atoms with Crippen molar-refractivity contribution < 1.29 is 5.11 Å². The fraction of sp³-hybridized carbons (Fsp3) is 0.636. The van der Waals surface area contributed by atoms with Crippen LogP contribution in [0.15, 0.2) is 16.8 Å². The second-order valence-electron chi connectivity index (χ2n) is 3.37. The van der Waals surface area contributed by atoms with Gasteiger partial charge in [0.25, 0.3) is 0 Å². The van der Waals surface area contributed by atoms with Crippen molar-refractivity contribution in [1.29, 1.82) is 0 Å². The molecule has 0 saturated carbocycles. The molecule has 74 valence electrons. The lowest BCUT2D eigenvalue weighted by Crippen LogP contribution is -1.85. The first-order valence-corrected chi connectivity index (χ1v) is 5.99. The van der Waals surface area contributed by atoms with Crippen LogP contribution in [-0.2, 0) is 6.42 Å². The van der Waals surface area contributed by atoms with E-state index in [1.54, 1.807) is 11.3 Å². The van der Waals surface area contributed by atoms with E-state index in [-0.39, 0.29) is 0 Å². The van der Waals surface area contributed by atoms with E-state index in [2.05, 4.69) is 16.8 Å². The summed E-state index contributed by atoms with van der Waals surface area (Å²) in [6, 6.07) is 2.21. The van der Waals surface area contributed by atoms with Crippen LogP contribution >= 0.6 is 11.3 Å². The Kier molecular flexibility index (Phi) is 5.87. The molecule has 1 N–H and O–H groups in total. The van der Waals surface area contributed by atoms with Crippen LogP contribution in [0.4, 0.5) is 0 Å². The summed E-state index contributed by atoms with van der Waals surface area (Å²) >= 11 is 1.78. The molecule has 0 bridgehead atoms. The van der Waals surface area contributed by atoms with Crippen LogP contribution in [0.1, 0.15) is 37.7 Å². The fourth-order valence-electron chi connectivity index (χ4n) is 1.41. The number of unbranched alkanes of at least 4 members (excludes halogenated alkanes) is 4. The van der Waals surface area contributed by atoms with Gasteiger partial charge in [-0.3, -0.25) is 0 Å². The highest BCUT2D eigenvalue weighted by Gasteiger charge is 1.93. The molecule has 0 aliphatic rings. The monoisotopic (exact) mass is 198 g/mol. The zero-order valence-electron chi connectivity index (χ0n) is 8.04. The topological polar surface area (TPSA) is 20.2 Å². The van der Waals surface area contributed by atoms with Crippen LogP contribution in [0.3, 0.4) is 0 Å². The summed E-state index contributed by atoms with van der Waals surface area (Å²) in [7, 11) is 0. The normalized spacial score (nSPS) is 10.5. The molecule has 0 saturated heterocycles. The maximum absolute atomic E-state index is 8.57. The van der Waals surface area contributed by atoms with Crippen molar-refractivity contribution >= 4 is 11.3 Å². The highest BCUT2D eigenvalue weighted by molar-refractivity contribution is 7.07. The highest BCUT2D eigenvalue weighted by atomic mass is 32.1. The lowest BCUT2D eigenvalue weighted by molar-refractivity contribution is 0.282. The summed E-state index contributed by atoms with van der Waals surface area (Å²) in [5.74, 6) is 0. The Bertz CT molecular complexity index is 194. The third-order valence-corrected chi connectivity index (χ3v) is 2.94. The zero-order chi connectivity index (χ0) is 9.36. The van der Waals surface area contributed by atoms with E-state index in [0.717, 1.165) is 6.42 Å². The molecule has 0 spiro atoms. The molecule has 0 aliphatic carbocycles. The van der Waals surface area contributed by atoms with Crippen LogP contribution in [0.25, 0.3) is 0 Å². The minimum atomic E-state index is 0.352. The van der Waals surface area contributed by atoms with E-state index in [1.807, 2.05) is 0 Å². The lowest BCUT2D eigenvalue weighted by Gasteiger charge is -1.98. The molecule has 0 unspecified atom stereocenters. The summed E-state index contributed by atoms with van der Waals surface area (Å²) in [6.07, 6.45) is 7.24. The molecule has 0 amide bonds. The number of aliphatic hydroxyl groups is 1. The largest absolute Gasteiger partial charge is 0.396 e. The molecule has 1 aromatic rings. The average Bonchev–Trinajstić information content (AvgIpc) is 2.63. The van der Waals surface area contributed by atoms with Gasteiger partial charge in [0.05, 0.1) is 0 Å². The SMILES string of the molecule is OCCCCCCCc1ccsc1. The van der Waals surface area contributed by atoms with Crippen LogP contribution in [-0.4, -0.2) is 11.7 Å². The molecule has 1 rings (SSSR count). The summed E-state index contributed by atoms with van der Waals surface area (Å²) in [4.78, 5) is 0. The predicted octanol–water partition coefficient (Wildman–Crippen LogP) is 3.23. The average molecular weight is 198 g/mol. The van der Waals surface area contributed by atoms with Gasteiger partial charge in [-0.05, 0) is 41.7 Å². The van der Waals surface area contributed by atoms with Crippen molar-refractivity contribution in [3.8, 4) is 0 Å². The Balaban J connectivity index is 1.90. The molecule has 1 heterocycles. The first-order valence-electron chi connectivity index (χ1n) is 5.05. The summed E-state index contributed by atoms with van der Waals surface area (Å²) in [5, 5.41) is 12.9. The van der Waals surface area contributed by atoms with E-state index in [1.165, 1.54) is 37.7 Å². The van der Waals surface area contributed by atoms with Crippen molar-refractivity contribution in [2.75, 3.05) is 6.61 Å². The van der Waals surface area contributed by atoms with Gasteiger partial charge in [-0.1, -0.05) is 19.3 Å². The summed E-state index contributed by atoms with van der Waals surface area (Å²) in [5.41, 5.74) is 1.48. The van der Waals surface area contributed by atoms with Gasteiger partial charge in [0.2, 0.25) is 0 Å². The molecule has 0 atom stereocenters. The van der Waals surface area contributed by atoms with E-state index in [0.29, 0.717) is 6.61 Å². The first kappa shape index (κ1) is 10.7. The van der Waals surface area contributed by atoms with Crippen LogP contribution in [0.2, 0.25) is 0 Å². The second kappa shape index (κ2) is 7.10. The molecular weight excluding hydrogens is 180 g/mol. The molecular formula is C11H18OS. The minimum Gasteiger partial charge on any atom is -0.396 e. The Morgan fingerprint density at radius 3 is 2.54 bits per heavy atom. The first-order chi connectivity index (χ1) is 6.43. The molecule has 0 aromatic carbocycles. The van der Waals surface area contributed by atoms with E-state index < -0.39 is 0 Å². The van der Waals surface area contributed by atoms with Crippen LogP contribution < -0.4 is 0 Å². The Hall–Kier alpha value is -0.340. The Morgan fingerprint density at radius 1 is 1.08 bits per heavy atom. The number of hydrogen-bond donors (Lipinski definition) is 1. The quantitative estimate of drug-likeness (QED) is 0.667. The Morgan fingerprint density at radius 2 is 1.85 bits per heavy atom. The number of thiophene rings is 1. The van der Waals surface area contributed by atoms with Crippen molar-refractivity contribution in [2.24, 2.45) is 0 Å². The van der Waals surface area contributed by atoms with E-state index in [9.17, 15) is 0 Å². The van der Waals surface area contributed by atoms with Gasteiger partial charge in [0, 0.05) is 6.61 Å². The van der Waals surface area contributed by atoms with Gasteiger partial charge in [0.1, 0.15) is 0 Å². The summed E-state index contributed by atoms with van der Waals surface area (Å²) in [6.45, 7) is 0.352. The molecule has 1 aromatic heterocycles. The van der Waals surface area contributed by atoms with Crippen molar-refractivity contribution in [3.63, 3.8) is 0 Å². The molecule has 0 aliphatic heterocycles.